The number of aromatic nitrogens is 1. The van der Waals surface area contributed by atoms with Gasteiger partial charge in [0.05, 0.1) is 12.3 Å². The first-order valence-corrected chi connectivity index (χ1v) is 11.3. The molecule has 0 bridgehead atoms. The van der Waals surface area contributed by atoms with Crippen LogP contribution in [0.4, 0.5) is 0 Å². The van der Waals surface area contributed by atoms with Gasteiger partial charge in [0.1, 0.15) is 5.01 Å². The van der Waals surface area contributed by atoms with E-state index < -0.39 is 10.0 Å². The molecule has 1 fully saturated rings. The van der Waals surface area contributed by atoms with Crippen LogP contribution in [0.25, 0.3) is 0 Å². The predicted octanol–water partition coefficient (Wildman–Crippen LogP) is 1.57. The summed E-state index contributed by atoms with van der Waals surface area (Å²) in [6.07, 6.45) is 5.17. The zero-order valence-electron chi connectivity index (χ0n) is 15.3. The molecule has 0 saturated carbocycles. The van der Waals surface area contributed by atoms with Gasteiger partial charge in [-0.05, 0) is 25.7 Å². The van der Waals surface area contributed by atoms with Crippen molar-refractivity contribution in [2.24, 2.45) is 4.99 Å². The number of nitrogens with one attached hydrogen (secondary N) is 2. The van der Waals surface area contributed by atoms with Gasteiger partial charge < -0.3 is 10.6 Å². The van der Waals surface area contributed by atoms with Gasteiger partial charge in [0, 0.05) is 37.3 Å². The van der Waals surface area contributed by atoms with E-state index in [4.69, 9.17) is 0 Å². The van der Waals surface area contributed by atoms with Crippen LogP contribution < -0.4 is 10.6 Å². The van der Waals surface area contributed by atoms with E-state index in [1.807, 2.05) is 13.1 Å². The molecule has 0 aromatic carbocycles. The molecule has 0 aliphatic carbocycles. The first kappa shape index (κ1) is 20.1. The second-order valence-corrected chi connectivity index (χ2v) is 9.42. The average Bonchev–Trinajstić information content (AvgIpc) is 3.07. The monoisotopic (exact) mass is 387 g/mol. The molecule has 0 atom stereocenters. The molecule has 0 radical (unpaired) electrons. The normalized spacial score (nSPS) is 17.6. The number of aliphatic imine (C=N–C) groups is 1. The molecule has 1 aliphatic heterocycles. The predicted molar refractivity (Wildman–Crippen MR) is 103 cm³/mol. The van der Waals surface area contributed by atoms with E-state index in [2.05, 4.69) is 27.5 Å². The van der Waals surface area contributed by atoms with Crippen molar-refractivity contribution in [3.05, 3.63) is 16.1 Å². The Kier molecular flexibility index (Phi) is 7.64. The lowest BCUT2D eigenvalue weighted by molar-refractivity contribution is 0.306. The van der Waals surface area contributed by atoms with Gasteiger partial charge in [-0.15, -0.1) is 11.3 Å². The fourth-order valence-electron chi connectivity index (χ4n) is 2.81. The number of thiazole rings is 1. The van der Waals surface area contributed by atoms with E-state index in [9.17, 15) is 8.42 Å². The largest absolute Gasteiger partial charge is 0.354 e. The van der Waals surface area contributed by atoms with Crippen LogP contribution in [0.3, 0.4) is 0 Å². The summed E-state index contributed by atoms with van der Waals surface area (Å²) >= 11 is 1.71. The van der Waals surface area contributed by atoms with Crippen LogP contribution in [0.2, 0.25) is 0 Å². The summed E-state index contributed by atoms with van der Waals surface area (Å²) in [6, 6.07) is 0.238. The van der Waals surface area contributed by atoms with Gasteiger partial charge in [0.15, 0.2) is 5.96 Å². The highest BCUT2D eigenvalue weighted by Crippen LogP contribution is 2.15. The number of piperidine rings is 1. The number of hydrogen-bond donors (Lipinski definition) is 2. The van der Waals surface area contributed by atoms with Crippen molar-refractivity contribution in [2.75, 3.05) is 25.9 Å². The molecule has 1 aliphatic rings. The van der Waals surface area contributed by atoms with E-state index in [0.717, 1.165) is 30.2 Å². The van der Waals surface area contributed by atoms with Crippen molar-refractivity contribution >= 4 is 27.3 Å². The van der Waals surface area contributed by atoms with Gasteiger partial charge in [-0.1, -0.05) is 13.8 Å². The smallest absolute Gasteiger partial charge is 0.214 e. The van der Waals surface area contributed by atoms with E-state index in [-0.39, 0.29) is 11.8 Å². The van der Waals surface area contributed by atoms with Crippen molar-refractivity contribution in [2.45, 2.75) is 52.1 Å². The van der Waals surface area contributed by atoms with Crippen molar-refractivity contribution in [1.29, 1.82) is 0 Å². The second kappa shape index (κ2) is 9.49. The molecular weight excluding hydrogens is 358 g/mol. The van der Waals surface area contributed by atoms with Gasteiger partial charge in [-0.25, -0.2) is 17.7 Å². The Morgan fingerprint density at radius 1 is 1.40 bits per heavy atom. The quantitative estimate of drug-likeness (QED) is 0.548. The highest BCUT2D eigenvalue weighted by Gasteiger charge is 2.27. The Bertz CT molecular complexity index is 664. The topological polar surface area (TPSA) is 86.7 Å². The molecule has 2 N–H and O–H groups in total. The maximum Gasteiger partial charge on any atom is 0.214 e. The first-order valence-electron chi connectivity index (χ1n) is 8.87. The number of sulfonamides is 1. The molecular formula is C16H29N5O2S2. The molecule has 9 heteroatoms. The van der Waals surface area contributed by atoms with Crippen LogP contribution in [-0.2, 0) is 23.0 Å². The summed E-state index contributed by atoms with van der Waals surface area (Å²) in [6.45, 7) is 5.81. The van der Waals surface area contributed by atoms with Crippen LogP contribution in [0.1, 0.15) is 43.0 Å². The van der Waals surface area contributed by atoms with Crippen molar-refractivity contribution in [3.63, 3.8) is 0 Å². The molecule has 0 amide bonds. The van der Waals surface area contributed by atoms with E-state index in [0.29, 0.717) is 26.1 Å². The highest BCUT2D eigenvalue weighted by molar-refractivity contribution is 7.89. The van der Waals surface area contributed by atoms with Crippen LogP contribution >= 0.6 is 11.3 Å². The van der Waals surface area contributed by atoms with E-state index >= 15 is 0 Å². The molecule has 2 rings (SSSR count). The fraction of sp³-hybridized carbons (Fsp3) is 0.750. The van der Waals surface area contributed by atoms with Crippen molar-refractivity contribution in [1.82, 2.24) is 19.9 Å². The van der Waals surface area contributed by atoms with Gasteiger partial charge in [0.2, 0.25) is 10.0 Å². The molecule has 0 unspecified atom stereocenters. The van der Waals surface area contributed by atoms with E-state index in [1.54, 1.807) is 22.7 Å². The minimum absolute atomic E-state index is 0.238. The lowest BCUT2D eigenvalue weighted by atomic mass is 10.1. The average molecular weight is 388 g/mol. The molecule has 2 heterocycles. The third-order valence-corrected chi connectivity index (χ3v) is 7.45. The SMILES string of the molecule is CCCS(=O)(=O)N1CCC(NC(=NC)NCc2ncc(CC)s2)CC1. The lowest BCUT2D eigenvalue weighted by Crippen LogP contribution is -2.49. The standard InChI is InChI=1S/C16H29N5O2S2/c1-4-10-25(22,23)21-8-6-13(7-9-21)20-16(17-3)19-12-15-18-11-14(5-2)24-15/h11,13H,4-10,12H2,1-3H3,(H2,17,19,20). The Morgan fingerprint density at radius 3 is 2.68 bits per heavy atom. The third-order valence-electron chi connectivity index (χ3n) is 4.23. The molecule has 1 aromatic rings. The molecule has 142 valence electrons. The Morgan fingerprint density at radius 2 is 2.12 bits per heavy atom. The van der Waals surface area contributed by atoms with Gasteiger partial charge in [0.25, 0.3) is 0 Å². The Balaban J connectivity index is 1.79. The maximum absolute atomic E-state index is 12.1. The summed E-state index contributed by atoms with van der Waals surface area (Å²) in [4.78, 5) is 9.93. The van der Waals surface area contributed by atoms with E-state index in [1.165, 1.54) is 4.88 Å². The molecule has 1 aromatic heterocycles. The summed E-state index contributed by atoms with van der Waals surface area (Å²) in [5.74, 6) is 0.977. The molecule has 25 heavy (non-hydrogen) atoms. The van der Waals surface area contributed by atoms with Crippen LogP contribution in [0.5, 0.6) is 0 Å². The lowest BCUT2D eigenvalue weighted by Gasteiger charge is -2.32. The Hall–Kier alpha value is -1.19. The maximum atomic E-state index is 12.1. The summed E-state index contributed by atoms with van der Waals surface area (Å²) < 4.78 is 25.9. The number of guanidine groups is 1. The van der Waals surface area contributed by atoms with Gasteiger partial charge >= 0.3 is 0 Å². The zero-order valence-corrected chi connectivity index (χ0v) is 16.9. The van der Waals surface area contributed by atoms with Crippen molar-refractivity contribution < 1.29 is 8.42 Å². The number of hydrogen-bond acceptors (Lipinski definition) is 5. The zero-order chi connectivity index (χ0) is 18.3. The second-order valence-electron chi connectivity index (χ2n) is 6.13. The first-order chi connectivity index (χ1) is 12.0. The van der Waals surface area contributed by atoms with Gasteiger partial charge in [-0.2, -0.15) is 0 Å². The van der Waals surface area contributed by atoms with Crippen molar-refractivity contribution in [3.8, 4) is 0 Å². The third kappa shape index (κ3) is 5.93. The number of nitrogens with zero attached hydrogens (tertiary/aromatic N) is 3. The van der Waals surface area contributed by atoms with Crippen LogP contribution in [-0.4, -0.2) is 55.6 Å². The number of aryl methyl sites for hydroxylation is 1. The number of rotatable bonds is 7. The fourth-order valence-corrected chi connectivity index (χ4v) is 5.15. The highest BCUT2D eigenvalue weighted by atomic mass is 32.2. The molecule has 0 spiro atoms. The molecule has 7 nitrogen and oxygen atoms in total. The van der Waals surface area contributed by atoms with Crippen LogP contribution in [0, 0.1) is 0 Å². The van der Waals surface area contributed by atoms with Gasteiger partial charge in [-0.3, -0.25) is 4.99 Å². The summed E-state index contributed by atoms with van der Waals surface area (Å²) in [7, 11) is -1.34. The van der Waals surface area contributed by atoms with Crippen LogP contribution in [0.15, 0.2) is 11.2 Å². The Labute approximate surface area is 155 Å². The molecule has 1 saturated heterocycles. The summed E-state index contributed by atoms with van der Waals surface area (Å²) in [5.41, 5.74) is 0. The minimum atomic E-state index is -3.08. The minimum Gasteiger partial charge on any atom is -0.354 e. The summed E-state index contributed by atoms with van der Waals surface area (Å²) in [5, 5.41) is 7.72.